The van der Waals surface area contributed by atoms with E-state index in [0.29, 0.717) is 5.41 Å². The molecule has 106 valence electrons. The number of hydrogen-bond acceptors (Lipinski definition) is 2. The van der Waals surface area contributed by atoms with Crippen LogP contribution in [-0.2, 0) is 6.42 Å². The first-order chi connectivity index (χ1) is 9.06. The predicted molar refractivity (Wildman–Crippen MR) is 83.8 cm³/mol. The van der Waals surface area contributed by atoms with Gasteiger partial charge in [-0.3, -0.25) is 0 Å². The van der Waals surface area contributed by atoms with E-state index in [1.807, 2.05) is 6.07 Å². The van der Waals surface area contributed by atoms with E-state index in [-0.39, 0.29) is 0 Å². The number of benzene rings is 1. The lowest BCUT2D eigenvalue weighted by molar-refractivity contribution is 0.289. The van der Waals surface area contributed by atoms with Crippen LogP contribution in [0.1, 0.15) is 38.7 Å². The van der Waals surface area contributed by atoms with Crippen molar-refractivity contribution >= 4 is 15.9 Å². The zero-order valence-corrected chi connectivity index (χ0v) is 13.7. The molecule has 2 rings (SSSR count). The summed E-state index contributed by atoms with van der Waals surface area (Å²) in [7, 11) is 1.70. The molecule has 2 nitrogen and oxygen atoms in total. The second-order valence-corrected chi connectivity index (χ2v) is 6.82. The highest BCUT2D eigenvalue weighted by Crippen LogP contribution is 2.31. The highest BCUT2D eigenvalue weighted by molar-refractivity contribution is 9.10. The molecular weight excluding hydrogens is 302 g/mol. The summed E-state index contributed by atoms with van der Waals surface area (Å²) in [5, 5.41) is 3.67. The fourth-order valence-electron chi connectivity index (χ4n) is 2.30. The quantitative estimate of drug-likeness (QED) is 0.812. The van der Waals surface area contributed by atoms with Crippen molar-refractivity contribution in [3.63, 3.8) is 0 Å². The molecule has 0 radical (unpaired) electrons. The van der Waals surface area contributed by atoms with E-state index < -0.39 is 0 Å². The van der Waals surface area contributed by atoms with Crippen LogP contribution in [0.4, 0.5) is 0 Å². The molecule has 1 aliphatic rings. The first kappa shape index (κ1) is 14.9. The Morgan fingerprint density at radius 2 is 2.16 bits per heavy atom. The van der Waals surface area contributed by atoms with Crippen LogP contribution < -0.4 is 10.1 Å². The number of nitrogens with one attached hydrogen (secondary N) is 1. The van der Waals surface area contributed by atoms with Crippen molar-refractivity contribution < 1.29 is 4.74 Å². The second kappa shape index (κ2) is 6.27. The van der Waals surface area contributed by atoms with Gasteiger partial charge in [0, 0.05) is 12.6 Å². The van der Waals surface area contributed by atoms with Gasteiger partial charge in [-0.05, 0) is 64.7 Å². The predicted octanol–water partition coefficient (Wildman–Crippen LogP) is 4.17. The standard InChI is InChI=1S/C16H24BrNO/c1-4-16(2,11-18-13-6-7-13)10-12-5-8-15(19-3)14(17)9-12/h5,8-9,13,18H,4,6-7,10-11H2,1-3H3. The SMILES string of the molecule is CCC(C)(CNC1CC1)Cc1ccc(OC)c(Br)c1. The number of ether oxygens (including phenoxy) is 1. The average molecular weight is 326 g/mol. The van der Waals surface area contributed by atoms with Gasteiger partial charge in [-0.15, -0.1) is 0 Å². The van der Waals surface area contributed by atoms with E-state index >= 15 is 0 Å². The molecule has 0 aliphatic heterocycles. The molecule has 1 aromatic rings. The molecule has 1 saturated carbocycles. The summed E-state index contributed by atoms with van der Waals surface area (Å²) in [5.41, 5.74) is 1.70. The van der Waals surface area contributed by atoms with E-state index in [4.69, 9.17) is 4.74 Å². The Hall–Kier alpha value is -0.540. The Morgan fingerprint density at radius 1 is 1.42 bits per heavy atom. The smallest absolute Gasteiger partial charge is 0.133 e. The summed E-state index contributed by atoms with van der Waals surface area (Å²) in [5.74, 6) is 0.901. The van der Waals surface area contributed by atoms with Gasteiger partial charge in [0.1, 0.15) is 5.75 Å². The zero-order valence-electron chi connectivity index (χ0n) is 12.1. The maximum Gasteiger partial charge on any atom is 0.133 e. The minimum Gasteiger partial charge on any atom is -0.496 e. The molecule has 0 aromatic heterocycles. The van der Waals surface area contributed by atoms with Crippen molar-refractivity contribution in [2.75, 3.05) is 13.7 Å². The third kappa shape index (κ3) is 4.22. The lowest BCUT2D eigenvalue weighted by atomic mass is 9.81. The molecule has 0 bridgehead atoms. The first-order valence-corrected chi connectivity index (χ1v) is 7.91. The highest BCUT2D eigenvalue weighted by atomic mass is 79.9. The van der Waals surface area contributed by atoms with Crippen molar-refractivity contribution in [1.82, 2.24) is 5.32 Å². The minimum absolute atomic E-state index is 0.330. The van der Waals surface area contributed by atoms with Gasteiger partial charge in [0.05, 0.1) is 11.6 Å². The highest BCUT2D eigenvalue weighted by Gasteiger charge is 2.27. The molecule has 1 aliphatic carbocycles. The number of methoxy groups -OCH3 is 1. The Balaban J connectivity index is 2.01. The third-order valence-corrected chi connectivity index (χ3v) is 4.72. The molecule has 0 heterocycles. The second-order valence-electron chi connectivity index (χ2n) is 5.97. The van der Waals surface area contributed by atoms with Crippen LogP contribution in [0.2, 0.25) is 0 Å². The van der Waals surface area contributed by atoms with Crippen LogP contribution in [0.3, 0.4) is 0 Å². The van der Waals surface area contributed by atoms with E-state index in [0.717, 1.165) is 29.2 Å². The van der Waals surface area contributed by atoms with Gasteiger partial charge in [-0.25, -0.2) is 0 Å². The average Bonchev–Trinajstić information content (AvgIpc) is 3.21. The van der Waals surface area contributed by atoms with Crippen molar-refractivity contribution in [1.29, 1.82) is 0 Å². The van der Waals surface area contributed by atoms with Crippen LogP contribution in [0, 0.1) is 5.41 Å². The van der Waals surface area contributed by atoms with Crippen molar-refractivity contribution in [3.05, 3.63) is 28.2 Å². The fraction of sp³-hybridized carbons (Fsp3) is 0.625. The lowest BCUT2D eigenvalue weighted by Gasteiger charge is -2.29. The minimum atomic E-state index is 0.330. The molecular formula is C16H24BrNO. The molecule has 0 spiro atoms. The number of hydrogen-bond donors (Lipinski definition) is 1. The summed E-state index contributed by atoms with van der Waals surface area (Å²) < 4.78 is 6.33. The van der Waals surface area contributed by atoms with Crippen molar-refractivity contribution in [2.45, 2.75) is 45.6 Å². The van der Waals surface area contributed by atoms with Gasteiger partial charge < -0.3 is 10.1 Å². The molecule has 0 saturated heterocycles. The normalized spacial score (nSPS) is 18.1. The van der Waals surface area contributed by atoms with Crippen molar-refractivity contribution in [3.8, 4) is 5.75 Å². The number of rotatable bonds is 7. The summed E-state index contributed by atoms with van der Waals surface area (Å²) in [6, 6.07) is 7.19. The molecule has 3 heteroatoms. The maximum atomic E-state index is 5.28. The van der Waals surface area contributed by atoms with E-state index in [2.05, 4.69) is 47.2 Å². The monoisotopic (exact) mass is 325 g/mol. The topological polar surface area (TPSA) is 21.3 Å². The van der Waals surface area contributed by atoms with Crippen molar-refractivity contribution in [2.24, 2.45) is 5.41 Å². The largest absolute Gasteiger partial charge is 0.496 e. The number of halogens is 1. The first-order valence-electron chi connectivity index (χ1n) is 7.12. The molecule has 1 aromatic carbocycles. The van der Waals surface area contributed by atoms with Gasteiger partial charge in [0.2, 0.25) is 0 Å². The summed E-state index contributed by atoms with van der Waals surface area (Å²) in [6.45, 7) is 5.77. The Kier molecular flexibility index (Phi) is 4.91. The molecule has 0 amide bonds. The Labute approximate surface area is 125 Å². The van der Waals surface area contributed by atoms with Crippen LogP contribution in [-0.4, -0.2) is 19.7 Å². The third-order valence-electron chi connectivity index (χ3n) is 4.10. The summed E-state index contributed by atoms with van der Waals surface area (Å²) in [4.78, 5) is 0. The van der Waals surface area contributed by atoms with Gasteiger partial charge in [0.25, 0.3) is 0 Å². The van der Waals surface area contributed by atoms with Gasteiger partial charge >= 0.3 is 0 Å². The molecule has 1 fully saturated rings. The van der Waals surface area contributed by atoms with Gasteiger partial charge in [-0.2, -0.15) is 0 Å². The Morgan fingerprint density at radius 3 is 2.68 bits per heavy atom. The van der Waals surface area contributed by atoms with E-state index in [1.165, 1.54) is 24.8 Å². The molecule has 1 unspecified atom stereocenters. The zero-order chi connectivity index (χ0) is 13.9. The summed E-state index contributed by atoms with van der Waals surface area (Å²) in [6.07, 6.45) is 5.00. The fourth-order valence-corrected chi connectivity index (χ4v) is 2.89. The van der Waals surface area contributed by atoms with Crippen LogP contribution in [0.25, 0.3) is 0 Å². The molecule has 19 heavy (non-hydrogen) atoms. The van der Waals surface area contributed by atoms with Crippen LogP contribution in [0.5, 0.6) is 5.75 Å². The van der Waals surface area contributed by atoms with Crippen LogP contribution >= 0.6 is 15.9 Å². The Bertz CT molecular complexity index is 431. The lowest BCUT2D eigenvalue weighted by Crippen LogP contribution is -2.34. The maximum absolute atomic E-state index is 5.28. The van der Waals surface area contributed by atoms with Crippen LogP contribution in [0.15, 0.2) is 22.7 Å². The molecule has 1 N–H and O–H groups in total. The van der Waals surface area contributed by atoms with Gasteiger partial charge in [0.15, 0.2) is 0 Å². The van der Waals surface area contributed by atoms with E-state index in [1.54, 1.807) is 7.11 Å². The summed E-state index contributed by atoms with van der Waals surface area (Å²) >= 11 is 3.57. The molecule has 1 atom stereocenters. The van der Waals surface area contributed by atoms with Gasteiger partial charge in [-0.1, -0.05) is 19.9 Å². The van der Waals surface area contributed by atoms with E-state index in [9.17, 15) is 0 Å².